The molecule has 0 aliphatic heterocycles. The number of carbonyl (C=O) groups excluding carboxylic acids is 2. The highest BCUT2D eigenvalue weighted by atomic mass is 32.1. The van der Waals surface area contributed by atoms with E-state index in [1.54, 1.807) is 18.2 Å². The molecule has 0 amide bonds. The maximum atomic E-state index is 14.0. The number of ketones is 1. The number of Topliss-reactive ketones (excluding diaryl/α,β-unsaturated/α-hetero) is 1. The van der Waals surface area contributed by atoms with Crippen LogP contribution in [0.3, 0.4) is 0 Å². The van der Waals surface area contributed by atoms with Gasteiger partial charge in [0.25, 0.3) is 0 Å². The molecule has 1 aromatic heterocycles. The third-order valence-electron chi connectivity index (χ3n) is 5.90. The number of rotatable bonds is 12. The molecule has 0 saturated heterocycles. The molecule has 4 nitrogen and oxygen atoms in total. The van der Waals surface area contributed by atoms with Crippen LogP contribution in [0.1, 0.15) is 53.6 Å². The van der Waals surface area contributed by atoms with Gasteiger partial charge in [0.2, 0.25) is 0 Å². The summed E-state index contributed by atoms with van der Waals surface area (Å²) < 4.78 is 33.8. The van der Waals surface area contributed by atoms with Crippen molar-refractivity contribution in [2.24, 2.45) is 11.8 Å². The average molecular weight is 486 g/mol. The largest absolute Gasteiger partial charge is 0.452 e. The minimum absolute atomic E-state index is 0.0255. The van der Waals surface area contributed by atoms with Gasteiger partial charge in [-0.05, 0) is 52.8 Å². The maximum Gasteiger partial charge on any atom is 0.311 e. The van der Waals surface area contributed by atoms with Crippen LogP contribution < -0.4 is 5.32 Å². The molecule has 0 spiro atoms. The fourth-order valence-corrected chi connectivity index (χ4v) is 4.70. The van der Waals surface area contributed by atoms with Gasteiger partial charge in [-0.2, -0.15) is 0 Å². The molecule has 3 aromatic rings. The zero-order valence-corrected chi connectivity index (χ0v) is 20.1. The monoisotopic (exact) mass is 485 g/mol. The first-order chi connectivity index (χ1) is 16.4. The molecule has 0 fully saturated rings. The topological polar surface area (TPSA) is 55.4 Å². The lowest BCUT2D eigenvalue weighted by atomic mass is 9.87. The van der Waals surface area contributed by atoms with E-state index < -0.39 is 29.6 Å². The van der Waals surface area contributed by atoms with Gasteiger partial charge in [-0.25, -0.2) is 8.78 Å². The van der Waals surface area contributed by atoms with Gasteiger partial charge in [0.15, 0.2) is 11.9 Å². The number of ether oxygens (including phenoxy) is 1. The minimum Gasteiger partial charge on any atom is -0.452 e. The Morgan fingerprint density at radius 3 is 2.06 bits per heavy atom. The van der Waals surface area contributed by atoms with E-state index >= 15 is 0 Å². The molecule has 0 aliphatic rings. The highest BCUT2D eigenvalue weighted by molar-refractivity contribution is 7.12. The van der Waals surface area contributed by atoms with Gasteiger partial charge in [-0.3, -0.25) is 9.59 Å². The molecule has 0 saturated carbocycles. The van der Waals surface area contributed by atoms with Gasteiger partial charge in [-0.15, -0.1) is 11.3 Å². The zero-order chi connectivity index (χ0) is 24.5. The predicted octanol–water partition coefficient (Wildman–Crippen LogP) is 6.18. The molecule has 180 valence electrons. The molecule has 0 bridgehead atoms. The fraction of sp³-hybridized carbons (Fsp3) is 0.333. The summed E-state index contributed by atoms with van der Waals surface area (Å²) in [5, 5.41) is 4.95. The van der Waals surface area contributed by atoms with Crippen LogP contribution >= 0.6 is 11.3 Å². The standard InChI is InChI=1S/C27H29F2NO3S/c1-3-18(4-2)23(16-30-17-24(31)25-12-7-13-34-25)27(32)33-26(19-8-5-10-21(28)14-19)20-9-6-11-22(29)15-20/h5-15,18,23,26,30H,3-4,16-17H2,1-2H3. The predicted molar refractivity (Wildman–Crippen MR) is 130 cm³/mol. The van der Waals surface area contributed by atoms with E-state index in [9.17, 15) is 18.4 Å². The Morgan fingerprint density at radius 1 is 0.941 bits per heavy atom. The van der Waals surface area contributed by atoms with Crippen LogP contribution in [0.4, 0.5) is 8.78 Å². The molecule has 1 N–H and O–H groups in total. The first-order valence-electron chi connectivity index (χ1n) is 11.4. The first-order valence-corrected chi connectivity index (χ1v) is 12.3. The van der Waals surface area contributed by atoms with Gasteiger partial charge in [-0.1, -0.05) is 57.0 Å². The third kappa shape index (κ3) is 6.81. The summed E-state index contributed by atoms with van der Waals surface area (Å²) in [6.07, 6.45) is 0.548. The van der Waals surface area contributed by atoms with E-state index in [1.807, 2.05) is 25.3 Å². The molecule has 34 heavy (non-hydrogen) atoms. The van der Waals surface area contributed by atoms with E-state index in [0.717, 1.165) is 12.8 Å². The molecule has 7 heteroatoms. The molecular formula is C27H29F2NO3S. The maximum absolute atomic E-state index is 14.0. The van der Waals surface area contributed by atoms with Crippen LogP contribution in [-0.2, 0) is 9.53 Å². The highest BCUT2D eigenvalue weighted by Gasteiger charge is 2.31. The number of nitrogens with one attached hydrogen (secondary N) is 1. The quantitative estimate of drug-likeness (QED) is 0.246. The van der Waals surface area contributed by atoms with Crippen molar-refractivity contribution < 1.29 is 23.1 Å². The highest BCUT2D eigenvalue weighted by Crippen LogP contribution is 2.30. The lowest BCUT2D eigenvalue weighted by molar-refractivity contribution is -0.154. The molecule has 0 radical (unpaired) electrons. The van der Waals surface area contributed by atoms with E-state index in [1.165, 1.54) is 47.7 Å². The summed E-state index contributed by atoms with van der Waals surface area (Å²) in [5.74, 6) is -1.94. The number of halogens is 2. The Hall–Kier alpha value is -2.90. The Labute approximate surface area is 203 Å². The summed E-state index contributed by atoms with van der Waals surface area (Å²) in [4.78, 5) is 26.4. The van der Waals surface area contributed by atoms with E-state index in [-0.39, 0.29) is 24.8 Å². The van der Waals surface area contributed by atoms with Crippen LogP contribution in [0.15, 0.2) is 66.0 Å². The van der Waals surface area contributed by atoms with E-state index in [2.05, 4.69) is 5.32 Å². The van der Waals surface area contributed by atoms with Gasteiger partial charge >= 0.3 is 5.97 Å². The first kappa shape index (κ1) is 25.7. The van der Waals surface area contributed by atoms with Crippen molar-refractivity contribution in [2.45, 2.75) is 32.8 Å². The Morgan fingerprint density at radius 2 is 1.56 bits per heavy atom. The number of thiophene rings is 1. The van der Waals surface area contributed by atoms with Crippen molar-refractivity contribution in [3.05, 3.63) is 93.7 Å². The fourth-order valence-electron chi connectivity index (χ4n) is 4.04. The average Bonchev–Trinajstić information content (AvgIpc) is 3.37. The van der Waals surface area contributed by atoms with Gasteiger partial charge in [0.05, 0.1) is 17.3 Å². The Balaban J connectivity index is 1.80. The van der Waals surface area contributed by atoms with Gasteiger partial charge < -0.3 is 10.1 Å². The summed E-state index contributed by atoms with van der Waals surface area (Å²) in [6, 6.07) is 15.1. The van der Waals surface area contributed by atoms with Gasteiger partial charge in [0, 0.05) is 6.54 Å². The van der Waals surface area contributed by atoms with Crippen molar-refractivity contribution >= 4 is 23.1 Å². The van der Waals surface area contributed by atoms with Crippen molar-refractivity contribution in [1.29, 1.82) is 0 Å². The molecule has 1 atom stereocenters. The van der Waals surface area contributed by atoms with Crippen molar-refractivity contribution in [1.82, 2.24) is 5.32 Å². The van der Waals surface area contributed by atoms with Crippen LogP contribution in [-0.4, -0.2) is 24.8 Å². The molecule has 2 aromatic carbocycles. The zero-order valence-electron chi connectivity index (χ0n) is 19.3. The van der Waals surface area contributed by atoms with Crippen LogP contribution in [0.25, 0.3) is 0 Å². The third-order valence-corrected chi connectivity index (χ3v) is 6.81. The number of hydrogen-bond acceptors (Lipinski definition) is 5. The second kappa shape index (κ2) is 12.5. The number of benzene rings is 2. The van der Waals surface area contributed by atoms with Crippen molar-refractivity contribution in [3.63, 3.8) is 0 Å². The number of hydrogen-bond donors (Lipinski definition) is 1. The molecule has 1 unspecified atom stereocenters. The lowest BCUT2D eigenvalue weighted by Gasteiger charge is -2.27. The molecule has 1 heterocycles. The smallest absolute Gasteiger partial charge is 0.311 e. The normalized spacial score (nSPS) is 12.2. The molecule has 0 aliphatic carbocycles. The van der Waals surface area contributed by atoms with Crippen LogP contribution in [0, 0.1) is 23.5 Å². The number of carbonyl (C=O) groups is 2. The Kier molecular flexibility index (Phi) is 9.48. The van der Waals surface area contributed by atoms with E-state index in [0.29, 0.717) is 16.0 Å². The molecular weight excluding hydrogens is 456 g/mol. The van der Waals surface area contributed by atoms with Crippen LogP contribution in [0.5, 0.6) is 0 Å². The SMILES string of the molecule is CCC(CC)C(CNCC(=O)c1cccs1)C(=O)OC(c1cccc(F)c1)c1cccc(F)c1. The van der Waals surface area contributed by atoms with E-state index in [4.69, 9.17) is 4.74 Å². The summed E-state index contributed by atoms with van der Waals surface area (Å²) in [5.41, 5.74) is 0.839. The second-order valence-electron chi connectivity index (χ2n) is 8.14. The second-order valence-corrected chi connectivity index (χ2v) is 9.09. The summed E-state index contributed by atoms with van der Waals surface area (Å²) in [6.45, 7) is 4.38. The van der Waals surface area contributed by atoms with Crippen LogP contribution in [0.2, 0.25) is 0 Å². The minimum atomic E-state index is -0.955. The Bertz CT molecular complexity index is 1040. The van der Waals surface area contributed by atoms with Crippen molar-refractivity contribution in [3.8, 4) is 0 Å². The number of esters is 1. The molecule has 3 rings (SSSR count). The van der Waals surface area contributed by atoms with Crippen molar-refractivity contribution in [2.75, 3.05) is 13.1 Å². The van der Waals surface area contributed by atoms with Gasteiger partial charge in [0.1, 0.15) is 11.6 Å². The summed E-state index contributed by atoms with van der Waals surface area (Å²) in [7, 11) is 0. The summed E-state index contributed by atoms with van der Waals surface area (Å²) >= 11 is 1.37. The lowest BCUT2D eigenvalue weighted by Crippen LogP contribution is -2.37.